The van der Waals surface area contributed by atoms with Crippen LogP contribution in [-0.2, 0) is 4.57 Å². The van der Waals surface area contributed by atoms with E-state index in [9.17, 15) is 0 Å². The van der Waals surface area contributed by atoms with Crippen LogP contribution in [0.4, 0.5) is 0 Å². The normalized spacial score (nSPS) is 18.2. The van der Waals surface area contributed by atoms with E-state index < -0.39 is 7.82 Å². The molecule has 0 heterocycles. The zero-order valence-electron chi connectivity index (χ0n) is 7.59. The molecule has 0 aromatic heterocycles. The number of phosphoric acid groups is 1. The van der Waals surface area contributed by atoms with Crippen LogP contribution in [-0.4, -0.2) is 20.7 Å². The summed E-state index contributed by atoms with van der Waals surface area (Å²) in [6.45, 7) is 0. The highest BCUT2D eigenvalue weighted by atomic mass is 31.2. The van der Waals surface area contributed by atoms with Gasteiger partial charge in [-0.05, 0) is 12.8 Å². The molecule has 13 heavy (non-hydrogen) atoms. The first-order valence-electron chi connectivity index (χ1n) is 3.93. The van der Waals surface area contributed by atoms with Gasteiger partial charge in [-0.2, -0.15) is 0 Å². The Morgan fingerprint density at radius 2 is 1.38 bits per heavy atom. The van der Waals surface area contributed by atoms with Crippen LogP contribution in [0.5, 0.6) is 0 Å². The van der Waals surface area contributed by atoms with Crippen molar-refractivity contribution in [1.82, 2.24) is 6.15 Å². The molecule has 0 aromatic rings. The molecule has 0 aromatic carbocycles. The van der Waals surface area contributed by atoms with Gasteiger partial charge in [0.05, 0.1) is 0 Å². The maximum Gasteiger partial charge on any atom is 0.466 e. The molecule has 7 heteroatoms. The second-order valence-electron chi connectivity index (χ2n) is 2.91. The highest BCUT2D eigenvalue weighted by Gasteiger charge is 2.06. The van der Waals surface area contributed by atoms with Crippen LogP contribution in [0.1, 0.15) is 32.1 Å². The molecule has 0 atom stereocenters. The van der Waals surface area contributed by atoms with Gasteiger partial charge in [-0.3, -0.25) is 0 Å². The minimum atomic E-state index is -4.64. The first-order valence-corrected chi connectivity index (χ1v) is 5.50. The predicted molar refractivity (Wildman–Crippen MR) is 50.3 cm³/mol. The van der Waals surface area contributed by atoms with E-state index >= 15 is 0 Å². The quantitative estimate of drug-likeness (QED) is 0.372. The number of hydrogen-bond acceptors (Lipinski definition) is 3. The minimum Gasteiger partial charge on any atom is -0.344 e. The van der Waals surface area contributed by atoms with Crippen molar-refractivity contribution in [3.8, 4) is 0 Å². The van der Waals surface area contributed by atoms with Crippen LogP contribution >= 0.6 is 7.82 Å². The second-order valence-corrected chi connectivity index (χ2v) is 3.94. The van der Waals surface area contributed by atoms with Crippen LogP contribution in [0.15, 0.2) is 0 Å². The third kappa shape index (κ3) is 18.8. The Labute approximate surface area is 78.0 Å². The van der Waals surface area contributed by atoms with E-state index in [1.165, 1.54) is 32.1 Å². The molecular weight excluding hydrogens is 195 g/mol. The summed E-state index contributed by atoms with van der Waals surface area (Å²) in [4.78, 5) is 21.6. The standard InChI is InChI=1S/C6H13N.H3N.H3O4P/c7-6-4-2-1-3-5-6;;1-5(2,3)4/h6H,1-5,7H2;1H3;(H3,1,2,3,4). The molecule has 0 radical (unpaired) electrons. The van der Waals surface area contributed by atoms with Crippen molar-refractivity contribution in [2.75, 3.05) is 0 Å². The fourth-order valence-corrected chi connectivity index (χ4v) is 1.13. The summed E-state index contributed by atoms with van der Waals surface area (Å²) >= 11 is 0. The van der Waals surface area contributed by atoms with Crippen molar-refractivity contribution in [2.24, 2.45) is 5.73 Å². The zero-order valence-corrected chi connectivity index (χ0v) is 8.49. The van der Waals surface area contributed by atoms with Gasteiger partial charge in [0, 0.05) is 6.04 Å². The lowest BCUT2D eigenvalue weighted by molar-refractivity contribution is 0.275. The van der Waals surface area contributed by atoms with Crippen molar-refractivity contribution in [3.05, 3.63) is 0 Å². The van der Waals surface area contributed by atoms with Crippen LogP contribution in [0.3, 0.4) is 0 Å². The molecule has 1 rings (SSSR count). The average molecular weight is 214 g/mol. The monoisotopic (exact) mass is 214 g/mol. The first kappa shape index (κ1) is 15.5. The lowest BCUT2D eigenvalue weighted by Gasteiger charge is -2.15. The summed E-state index contributed by atoms with van der Waals surface area (Å²) < 4.78 is 8.88. The van der Waals surface area contributed by atoms with E-state index in [1.807, 2.05) is 0 Å². The molecule has 0 amide bonds. The van der Waals surface area contributed by atoms with Crippen molar-refractivity contribution < 1.29 is 19.2 Å². The van der Waals surface area contributed by atoms with E-state index in [0.717, 1.165) is 0 Å². The summed E-state index contributed by atoms with van der Waals surface area (Å²) in [7, 11) is -4.64. The Bertz CT molecular complexity index is 146. The van der Waals surface area contributed by atoms with E-state index in [1.54, 1.807) is 0 Å². The van der Waals surface area contributed by atoms with E-state index in [2.05, 4.69) is 0 Å². The van der Waals surface area contributed by atoms with Crippen LogP contribution in [0.2, 0.25) is 0 Å². The zero-order chi connectivity index (χ0) is 9.61. The SMILES string of the molecule is N.NC1CCCCC1.O=P(O)(O)O. The third-order valence-corrected chi connectivity index (χ3v) is 1.65. The summed E-state index contributed by atoms with van der Waals surface area (Å²) in [5.74, 6) is 0. The highest BCUT2D eigenvalue weighted by Crippen LogP contribution is 2.25. The molecule has 6 nitrogen and oxygen atoms in total. The smallest absolute Gasteiger partial charge is 0.344 e. The molecule has 0 aliphatic heterocycles. The minimum absolute atomic E-state index is 0. The summed E-state index contributed by atoms with van der Waals surface area (Å²) in [6.07, 6.45) is 6.66. The van der Waals surface area contributed by atoms with Crippen LogP contribution in [0, 0.1) is 0 Å². The van der Waals surface area contributed by atoms with Gasteiger partial charge >= 0.3 is 7.82 Å². The largest absolute Gasteiger partial charge is 0.466 e. The Morgan fingerprint density at radius 1 is 1.08 bits per heavy atom. The van der Waals surface area contributed by atoms with Crippen molar-refractivity contribution in [1.29, 1.82) is 0 Å². The molecule has 0 saturated heterocycles. The topological polar surface area (TPSA) is 139 Å². The fourth-order valence-electron chi connectivity index (χ4n) is 1.13. The summed E-state index contributed by atoms with van der Waals surface area (Å²) in [6, 6.07) is 0.536. The molecule has 0 spiro atoms. The van der Waals surface area contributed by atoms with Gasteiger partial charge < -0.3 is 26.6 Å². The Balaban J connectivity index is 0. The van der Waals surface area contributed by atoms with Gasteiger partial charge in [-0.15, -0.1) is 0 Å². The van der Waals surface area contributed by atoms with Crippen LogP contribution < -0.4 is 11.9 Å². The Hall–Kier alpha value is 0.0300. The summed E-state index contributed by atoms with van der Waals surface area (Å²) in [5, 5.41) is 0. The van der Waals surface area contributed by atoms with Gasteiger partial charge in [0.15, 0.2) is 0 Å². The van der Waals surface area contributed by atoms with Crippen molar-refractivity contribution in [3.63, 3.8) is 0 Å². The molecule has 82 valence electrons. The number of rotatable bonds is 0. The van der Waals surface area contributed by atoms with E-state index in [4.69, 9.17) is 25.0 Å². The molecule has 1 aliphatic rings. The lowest BCUT2D eigenvalue weighted by atomic mass is 9.97. The molecule has 0 unspecified atom stereocenters. The van der Waals surface area contributed by atoms with E-state index in [0.29, 0.717) is 6.04 Å². The maximum absolute atomic E-state index is 8.88. The average Bonchev–Trinajstić information content (AvgIpc) is 1.85. The van der Waals surface area contributed by atoms with Gasteiger partial charge in [0.2, 0.25) is 0 Å². The van der Waals surface area contributed by atoms with Crippen LogP contribution in [0.25, 0.3) is 0 Å². The third-order valence-electron chi connectivity index (χ3n) is 1.65. The van der Waals surface area contributed by atoms with Gasteiger partial charge in [-0.1, -0.05) is 19.3 Å². The molecule has 0 bridgehead atoms. The van der Waals surface area contributed by atoms with Crippen molar-refractivity contribution >= 4 is 7.82 Å². The van der Waals surface area contributed by atoms with E-state index in [-0.39, 0.29) is 6.15 Å². The van der Waals surface area contributed by atoms with Gasteiger partial charge in [0.1, 0.15) is 0 Å². The Morgan fingerprint density at radius 3 is 1.54 bits per heavy atom. The lowest BCUT2D eigenvalue weighted by Crippen LogP contribution is -2.22. The predicted octanol–water partition coefficient (Wildman–Crippen LogP) is 0.511. The van der Waals surface area contributed by atoms with Gasteiger partial charge in [0.25, 0.3) is 0 Å². The van der Waals surface area contributed by atoms with Gasteiger partial charge in [-0.25, -0.2) is 4.57 Å². The molecule has 1 fully saturated rings. The molecular formula is C6H19N2O4P. The number of hydrogen-bond donors (Lipinski definition) is 5. The maximum atomic E-state index is 8.88. The fraction of sp³-hybridized carbons (Fsp3) is 1.00. The molecule has 1 saturated carbocycles. The first-order chi connectivity index (χ1) is 5.39. The highest BCUT2D eigenvalue weighted by molar-refractivity contribution is 7.45. The summed E-state index contributed by atoms with van der Waals surface area (Å²) in [5.41, 5.74) is 5.63. The second kappa shape index (κ2) is 7.44. The Kier molecular flexibility index (Phi) is 8.87. The molecule has 8 N–H and O–H groups in total. The molecule has 1 aliphatic carbocycles. The number of nitrogens with two attached hydrogens (primary N) is 1. The van der Waals surface area contributed by atoms with Crippen molar-refractivity contribution in [2.45, 2.75) is 38.1 Å².